The number of methoxy groups -OCH3 is 1. The molecule has 0 N–H and O–H groups in total. The highest BCUT2D eigenvalue weighted by atomic mass is 32.2. The molecule has 1 aliphatic heterocycles. The number of amides is 1. The molecule has 7 nitrogen and oxygen atoms in total. The van der Waals surface area contributed by atoms with Crippen molar-refractivity contribution in [2.45, 2.75) is 18.4 Å². The van der Waals surface area contributed by atoms with E-state index in [9.17, 15) is 17.6 Å². The van der Waals surface area contributed by atoms with Gasteiger partial charge in [0.15, 0.2) is 0 Å². The smallest absolute Gasteiger partial charge is 0.247 e. The van der Waals surface area contributed by atoms with E-state index < -0.39 is 10.0 Å². The predicted octanol–water partition coefficient (Wildman–Crippen LogP) is 3.68. The monoisotopic (exact) mass is 511 g/mol. The molecule has 3 aromatic rings. The first-order valence-electron chi connectivity index (χ1n) is 11.8. The van der Waals surface area contributed by atoms with Gasteiger partial charge in [0.25, 0.3) is 0 Å². The first kappa shape index (κ1) is 25.7. The van der Waals surface area contributed by atoms with E-state index >= 15 is 0 Å². The Hall–Kier alpha value is -3.43. The number of ether oxygens (including phenoxy) is 1. The van der Waals surface area contributed by atoms with Crippen molar-refractivity contribution in [3.05, 3.63) is 89.7 Å². The zero-order chi connectivity index (χ0) is 25.7. The van der Waals surface area contributed by atoms with Crippen molar-refractivity contribution < 1.29 is 22.3 Å². The number of rotatable bonds is 8. The third-order valence-corrected chi connectivity index (χ3v) is 8.09. The SMILES string of the molecule is COc1ccc(C)cc1S(=O)(=O)N(CC(=O)N1CCN(c2ccccc2F)CC1)Cc1ccccc1. The van der Waals surface area contributed by atoms with Crippen molar-refractivity contribution in [1.82, 2.24) is 9.21 Å². The summed E-state index contributed by atoms with van der Waals surface area (Å²) in [7, 11) is -2.63. The van der Waals surface area contributed by atoms with Crippen LogP contribution in [0.5, 0.6) is 5.75 Å². The number of hydrogen-bond donors (Lipinski definition) is 0. The molecular weight excluding hydrogens is 481 g/mol. The lowest BCUT2D eigenvalue weighted by atomic mass is 10.2. The number of para-hydroxylation sites is 1. The maximum Gasteiger partial charge on any atom is 0.247 e. The van der Waals surface area contributed by atoms with Gasteiger partial charge in [-0.05, 0) is 42.3 Å². The number of aryl methyl sites for hydroxylation is 1. The van der Waals surface area contributed by atoms with Crippen molar-refractivity contribution in [1.29, 1.82) is 0 Å². The molecule has 0 unspecified atom stereocenters. The van der Waals surface area contributed by atoms with Crippen LogP contribution in [0.2, 0.25) is 0 Å². The molecule has 0 radical (unpaired) electrons. The van der Waals surface area contributed by atoms with E-state index in [0.29, 0.717) is 31.9 Å². The fourth-order valence-electron chi connectivity index (χ4n) is 4.29. The normalized spacial score (nSPS) is 14.2. The van der Waals surface area contributed by atoms with Crippen LogP contribution in [0.25, 0.3) is 0 Å². The standard InChI is InChI=1S/C27H30FN3O4S/c1-21-12-13-25(35-2)26(18-21)36(33,34)31(19-22-8-4-3-5-9-22)20-27(32)30-16-14-29(15-17-30)24-11-7-6-10-23(24)28/h3-13,18H,14-17,19-20H2,1-2H3. The Morgan fingerprint density at radius 1 is 0.972 bits per heavy atom. The van der Waals surface area contributed by atoms with E-state index in [4.69, 9.17) is 4.74 Å². The van der Waals surface area contributed by atoms with Crippen molar-refractivity contribution in [2.75, 3.05) is 44.7 Å². The first-order chi connectivity index (χ1) is 17.3. The average molecular weight is 512 g/mol. The Balaban J connectivity index is 1.55. The lowest BCUT2D eigenvalue weighted by molar-refractivity contribution is -0.131. The van der Waals surface area contributed by atoms with Gasteiger partial charge < -0.3 is 14.5 Å². The summed E-state index contributed by atoms with van der Waals surface area (Å²) < 4.78 is 48.3. The van der Waals surface area contributed by atoms with Crippen LogP contribution >= 0.6 is 0 Å². The molecule has 0 atom stereocenters. The van der Waals surface area contributed by atoms with Crippen molar-refractivity contribution >= 4 is 21.6 Å². The van der Waals surface area contributed by atoms with Crippen LogP contribution in [0.1, 0.15) is 11.1 Å². The summed E-state index contributed by atoms with van der Waals surface area (Å²) in [4.78, 5) is 16.9. The summed E-state index contributed by atoms with van der Waals surface area (Å²) in [5.74, 6) is -0.372. The van der Waals surface area contributed by atoms with Gasteiger partial charge in [-0.1, -0.05) is 48.5 Å². The van der Waals surface area contributed by atoms with Gasteiger partial charge >= 0.3 is 0 Å². The minimum absolute atomic E-state index is 0.0260. The van der Waals surface area contributed by atoms with Crippen LogP contribution in [-0.2, 0) is 21.4 Å². The van der Waals surface area contributed by atoms with Crippen LogP contribution in [0.3, 0.4) is 0 Å². The molecule has 1 fully saturated rings. The summed E-state index contributed by atoms with van der Waals surface area (Å²) >= 11 is 0. The van der Waals surface area contributed by atoms with Gasteiger partial charge in [0.05, 0.1) is 19.3 Å². The number of hydrogen-bond acceptors (Lipinski definition) is 5. The molecule has 0 saturated carbocycles. The number of benzene rings is 3. The summed E-state index contributed by atoms with van der Waals surface area (Å²) in [5, 5.41) is 0. The lowest BCUT2D eigenvalue weighted by Gasteiger charge is -2.37. The molecule has 1 heterocycles. The Labute approximate surface area is 211 Å². The van der Waals surface area contributed by atoms with E-state index in [0.717, 1.165) is 11.1 Å². The highest BCUT2D eigenvalue weighted by Crippen LogP contribution is 2.29. The van der Waals surface area contributed by atoms with Gasteiger partial charge in [0.2, 0.25) is 15.9 Å². The molecule has 0 spiro atoms. The highest BCUT2D eigenvalue weighted by Gasteiger charge is 2.32. The number of carbonyl (C=O) groups excluding carboxylic acids is 1. The number of piperazine rings is 1. The number of sulfonamides is 1. The summed E-state index contributed by atoms with van der Waals surface area (Å²) in [6.07, 6.45) is 0. The maximum absolute atomic E-state index is 14.2. The van der Waals surface area contributed by atoms with Gasteiger partial charge in [-0.25, -0.2) is 12.8 Å². The Morgan fingerprint density at radius 2 is 1.64 bits per heavy atom. The van der Waals surface area contributed by atoms with Crippen LogP contribution in [0.15, 0.2) is 77.7 Å². The zero-order valence-corrected chi connectivity index (χ0v) is 21.2. The zero-order valence-electron chi connectivity index (χ0n) is 20.4. The molecule has 1 saturated heterocycles. The second-order valence-corrected chi connectivity index (χ2v) is 10.6. The summed E-state index contributed by atoms with van der Waals surface area (Å²) in [6.45, 7) is 3.21. The molecule has 1 amide bonds. The number of anilines is 1. The third-order valence-electron chi connectivity index (χ3n) is 6.28. The molecule has 190 valence electrons. The Kier molecular flexibility index (Phi) is 7.91. The topological polar surface area (TPSA) is 70.2 Å². The molecule has 4 rings (SSSR count). The number of nitrogens with zero attached hydrogens (tertiary/aromatic N) is 3. The second-order valence-electron chi connectivity index (χ2n) is 8.73. The average Bonchev–Trinajstić information content (AvgIpc) is 2.89. The fourth-order valence-corrected chi connectivity index (χ4v) is 5.91. The summed E-state index contributed by atoms with van der Waals surface area (Å²) in [6, 6.07) is 20.7. The lowest BCUT2D eigenvalue weighted by Crippen LogP contribution is -2.52. The van der Waals surface area contributed by atoms with Gasteiger partial charge in [0, 0.05) is 32.7 Å². The second kappa shape index (κ2) is 11.1. The molecule has 0 aliphatic carbocycles. The van der Waals surface area contributed by atoms with Gasteiger partial charge in [-0.15, -0.1) is 0 Å². The van der Waals surface area contributed by atoms with Crippen molar-refractivity contribution in [2.24, 2.45) is 0 Å². The minimum Gasteiger partial charge on any atom is -0.495 e. The third kappa shape index (κ3) is 5.68. The van der Waals surface area contributed by atoms with Crippen LogP contribution in [0.4, 0.5) is 10.1 Å². The van der Waals surface area contributed by atoms with Crippen LogP contribution in [0, 0.1) is 12.7 Å². The van der Waals surface area contributed by atoms with E-state index in [1.807, 2.05) is 35.2 Å². The minimum atomic E-state index is -4.06. The quantitative estimate of drug-likeness (QED) is 0.462. The van der Waals surface area contributed by atoms with E-state index in [1.165, 1.54) is 17.5 Å². The van der Waals surface area contributed by atoms with E-state index in [-0.39, 0.29) is 35.5 Å². The van der Waals surface area contributed by atoms with Gasteiger partial charge in [-0.3, -0.25) is 4.79 Å². The van der Waals surface area contributed by atoms with Crippen LogP contribution < -0.4 is 9.64 Å². The van der Waals surface area contributed by atoms with E-state index in [2.05, 4.69) is 0 Å². The highest BCUT2D eigenvalue weighted by molar-refractivity contribution is 7.89. The Bertz CT molecular complexity index is 1310. The number of carbonyl (C=O) groups is 1. The first-order valence-corrected chi connectivity index (χ1v) is 13.2. The molecule has 1 aliphatic rings. The summed E-state index contributed by atoms with van der Waals surface area (Å²) in [5.41, 5.74) is 2.04. The van der Waals surface area contributed by atoms with Gasteiger partial charge in [-0.2, -0.15) is 4.31 Å². The fraction of sp³-hybridized carbons (Fsp3) is 0.296. The molecule has 0 bridgehead atoms. The molecule has 36 heavy (non-hydrogen) atoms. The Morgan fingerprint density at radius 3 is 2.31 bits per heavy atom. The molecular formula is C27H30FN3O4S. The molecule has 3 aromatic carbocycles. The largest absolute Gasteiger partial charge is 0.495 e. The van der Waals surface area contributed by atoms with Crippen molar-refractivity contribution in [3.8, 4) is 5.75 Å². The van der Waals surface area contributed by atoms with E-state index in [1.54, 1.807) is 48.2 Å². The molecule has 9 heteroatoms. The predicted molar refractivity (Wildman–Crippen MR) is 137 cm³/mol. The van der Waals surface area contributed by atoms with Crippen LogP contribution in [-0.4, -0.2) is 63.4 Å². The number of halogens is 1. The maximum atomic E-state index is 14.2. The molecule has 0 aromatic heterocycles. The van der Waals surface area contributed by atoms with Crippen molar-refractivity contribution in [3.63, 3.8) is 0 Å². The van der Waals surface area contributed by atoms with Gasteiger partial charge in [0.1, 0.15) is 16.5 Å².